The molecule has 0 fully saturated rings. The van der Waals surface area contributed by atoms with Crippen LogP contribution in [-0.2, 0) is 11.3 Å². The minimum Gasteiger partial charge on any atom is -0.445 e. The minimum atomic E-state index is -0.434. The van der Waals surface area contributed by atoms with Crippen molar-refractivity contribution in [3.05, 3.63) is 77.4 Å². The van der Waals surface area contributed by atoms with Gasteiger partial charge in [-0.15, -0.1) is 6.42 Å². The molecular weight excluding hydrogens is 274 g/mol. The molecule has 0 atom stereocenters. The van der Waals surface area contributed by atoms with Crippen molar-refractivity contribution in [1.82, 2.24) is 5.32 Å². The van der Waals surface area contributed by atoms with Gasteiger partial charge in [0.2, 0.25) is 0 Å². The second kappa shape index (κ2) is 8.33. The molecule has 2 aromatic carbocycles. The number of ether oxygens (including phenoxy) is 1. The lowest BCUT2D eigenvalue weighted by Crippen LogP contribution is -2.24. The number of nitrogens with one attached hydrogen (secondary N) is 1. The van der Waals surface area contributed by atoms with E-state index in [9.17, 15) is 4.79 Å². The average Bonchev–Trinajstić information content (AvgIpc) is 2.58. The normalized spacial score (nSPS) is 10.1. The highest BCUT2D eigenvalue weighted by molar-refractivity contribution is 5.67. The number of rotatable bonds is 5. The summed E-state index contributed by atoms with van der Waals surface area (Å²) in [5.41, 5.74) is 2.83. The molecule has 110 valence electrons. The molecule has 0 spiro atoms. The zero-order valence-electron chi connectivity index (χ0n) is 12.2. The van der Waals surface area contributed by atoms with E-state index >= 15 is 0 Å². The Labute approximate surface area is 130 Å². The third-order valence-electron chi connectivity index (χ3n) is 2.96. The summed E-state index contributed by atoms with van der Waals surface area (Å²) in [5.74, 6) is 2.57. The van der Waals surface area contributed by atoms with Crippen molar-refractivity contribution in [2.24, 2.45) is 0 Å². The predicted molar refractivity (Wildman–Crippen MR) is 88.0 cm³/mol. The lowest BCUT2D eigenvalue weighted by molar-refractivity contribution is 0.141. The molecule has 0 radical (unpaired) electrons. The summed E-state index contributed by atoms with van der Waals surface area (Å²) >= 11 is 0. The molecule has 22 heavy (non-hydrogen) atoms. The Bertz CT molecular complexity index is 667. The largest absolute Gasteiger partial charge is 0.445 e. The van der Waals surface area contributed by atoms with Crippen LogP contribution in [0.15, 0.2) is 60.7 Å². The number of terminal acetylenes is 1. The number of amides is 1. The van der Waals surface area contributed by atoms with Gasteiger partial charge in [-0.05, 0) is 23.3 Å². The van der Waals surface area contributed by atoms with E-state index in [1.54, 1.807) is 0 Å². The smallest absolute Gasteiger partial charge is 0.407 e. The van der Waals surface area contributed by atoms with Gasteiger partial charge in [-0.3, -0.25) is 0 Å². The van der Waals surface area contributed by atoms with Crippen LogP contribution in [-0.4, -0.2) is 12.6 Å². The molecule has 0 aromatic heterocycles. The first kappa shape index (κ1) is 15.4. The van der Waals surface area contributed by atoms with Crippen molar-refractivity contribution in [3.8, 4) is 12.3 Å². The van der Waals surface area contributed by atoms with Gasteiger partial charge in [-0.2, -0.15) is 0 Å². The summed E-state index contributed by atoms with van der Waals surface area (Å²) in [5, 5.41) is 2.67. The molecule has 0 aliphatic rings. The van der Waals surface area contributed by atoms with Gasteiger partial charge in [0.05, 0.1) is 0 Å². The van der Waals surface area contributed by atoms with Crippen LogP contribution >= 0.6 is 0 Å². The Morgan fingerprint density at radius 2 is 1.86 bits per heavy atom. The van der Waals surface area contributed by atoms with Crippen LogP contribution in [0.2, 0.25) is 0 Å². The molecular formula is C19H17NO2. The van der Waals surface area contributed by atoms with Gasteiger partial charge >= 0.3 is 6.09 Å². The number of alkyl carbamates (subject to hydrolysis) is 1. The fourth-order valence-electron chi connectivity index (χ4n) is 1.80. The maximum atomic E-state index is 11.5. The molecule has 0 saturated heterocycles. The molecule has 0 heterocycles. The molecule has 3 nitrogen and oxygen atoms in total. The Hall–Kier alpha value is -2.99. The van der Waals surface area contributed by atoms with Crippen molar-refractivity contribution in [2.75, 3.05) is 6.54 Å². The lowest BCUT2D eigenvalue weighted by atomic mass is 10.1. The zero-order chi connectivity index (χ0) is 15.6. The van der Waals surface area contributed by atoms with Crippen molar-refractivity contribution >= 4 is 12.2 Å². The summed E-state index contributed by atoms with van der Waals surface area (Å²) in [6.45, 7) is 0.675. The molecule has 2 aromatic rings. The van der Waals surface area contributed by atoms with Gasteiger partial charge in [-0.1, -0.05) is 60.5 Å². The summed E-state index contributed by atoms with van der Waals surface area (Å²) in [6.07, 6.45) is 8.63. The highest BCUT2D eigenvalue weighted by Gasteiger charge is 1.99. The van der Waals surface area contributed by atoms with E-state index in [1.807, 2.05) is 66.7 Å². The molecule has 0 aliphatic carbocycles. The quantitative estimate of drug-likeness (QED) is 0.855. The van der Waals surface area contributed by atoms with Crippen LogP contribution in [0, 0.1) is 12.3 Å². The highest BCUT2D eigenvalue weighted by atomic mass is 16.5. The monoisotopic (exact) mass is 291 g/mol. The summed E-state index contributed by atoms with van der Waals surface area (Å²) in [4.78, 5) is 11.5. The highest BCUT2D eigenvalue weighted by Crippen LogP contribution is 2.05. The molecule has 0 aliphatic heterocycles. The number of benzene rings is 2. The molecule has 1 amide bonds. The second-order valence-electron chi connectivity index (χ2n) is 4.61. The van der Waals surface area contributed by atoms with Gasteiger partial charge in [0, 0.05) is 12.1 Å². The van der Waals surface area contributed by atoms with E-state index in [1.165, 1.54) is 0 Å². The van der Waals surface area contributed by atoms with Crippen LogP contribution < -0.4 is 5.32 Å². The number of carbonyl (C=O) groups is 1. The summed E-state index contributed by atoms with van der Waals surface area (Å²) < 4.78 is 5.10. The van der Waals surface area contributed by atoms with E-state index in [0.29, 0.717) is 6.54 Å². The third-order valence-corrected chi connectivity index (χ3v) is 2.96. The van der Waals surface area contributed by atoms with Crippen molar-refractivity contribution in [2.45, 2.75) is 6.61 Å². The van der Waals surface area contributed by atoms with Gasteiger partial charge in [0.25, 0.3) is 0 Å². The van der Waals surface area contributed by atoms with E-state index < -0.39 is 6.09 Å². The third kappa shape index (κ3) is 5.18. The Balaban J connectivity index is 1.70. The summed E-state index contributed by atoms with van der Waals surface area (Å²) in [7, 11) is 0. The van der Waals surface area contributed by atoms with Crippen LogP contribution in [0.3, 0.4) is 0 Å². The number of hydrogen-bond acceptors (Lipinski definition) is 2. The minimum absolute atomic E-state index is 0.268. The SMILES string of the molecule is C#Cc1ccc(C=CCNC(=O)OCc2ccccc2)cc1. The van der Waals surface area contributed by atoms with Gasteiger partial charge < -0.3 is 10.1 Å². The second-order valence-corrected chi connectivity index (χ2v) is 4.61. The van der Waals surface area contributed by atoms with Crippen molar-refractivity contribution in [3.63, 3.8) is 0 Å². The van der Waals surface area contributed by atoms with Crippen LogP contribution in [0.4, 0.5) is 4.79 Å². The Morgan fingerprint density at radius 1 is 1.14 bits per heavy atom. The fourth-order valence-corrected chi connectivity index (χ4v) is 1.80. The van der Waals surface area contributed by atoms with E-state index in [4.69, 9.17) is 11.2 Å². The van der Waals surface area contributed by atoms with E-state index in [0.717, 1.165) is 16.7 Å². The molecule has 1 N–H and O–H groups in total. The van der Waals surface area contributed by atoms with Crippen LogP contribution in [0.25, 0.3) is 6.08 Å². The first-order chi connectivity index (χ1) is 10.8. The van der Waals surface area contributed by atoms with Crippen LogP contribution in [0.5, 0.6) is 0 Å². The molecule has 0 saturated carbocycles. The maximum Gasteiger partial charge on any atom is 0.407 e. The van der Waals surface area contributed by atoms with Gasteiger partial charge in [0.1, 0.15) is 6.61 Å². The summed E-state index contributed by atoms with van der Waals surface area (Å²) in [6, 6.07) is 17.2. The molecule has 0 bridgehead atoms. The topological polar surface area (TPSA) is 38.3 Å². The first-order valence-electron chi connectivity index (χ1n) is 6.96. The van der Waals surface area contributed by atoms with Crippen LogP contribution in [0.1, 0.15) is 16.7 Å². The standard InChI is InChI=1S/C19H17NO2/c1-2-16-10-12-17(13-11-16)9-6-14-20-19(21)22-15-18-7-4-3-5-8-18/h1,3-13H,14-15H2,(H,20,21). The van der Waals surface area contributed by atoms with Gasteiger partial charge in [0.15, 0.2) is 0 Å². The first-order valence-corrected chi connectivity index (χ1v) is 6.96. The Kier molecular flexibility index (Phi) is 5.83. The zero-order valence-corrected chi connectivity index (χ0v) is 12.2. The predicted octanol–water partition coefficient (Wildman–Crippen LogP) is 3.61. The average molecular weight is 291 g/mol. The number of carbonyl (C=O) groups excluding carboxylic acids is 1. The molecule has 2 rings (SSSR count). The maximum absolute atomic E-state index is 11.5. The molecule has 3 heteroatoms. The van der Waals surface area contributed by atoms with E-state index in [2.05, 4.69) is 11.2 Å². The van der Waals surface area contributed by atoms with Crippen molar-refractivity contribution in [1.29, 1.82) is 0 Å². The lowest BCUT2D eigenvalue weighted by Gasteiger charge is -2.05. The molecule has 0 unspecified atom stereocenters. The van der Waals surface area contributed by atoms with E-state index in [-0.39, 0.29) is 6.61 Å². The van der Waals surface area contributed by atoms with Crippen molar-refractivity contribution < 1.29 is 9.53 Å². The Morgan fingerprint density at radius 3 is 2.55 bits per heavy atom. The number of hydrogen-bond donors (Lipinski definition) is 1. The van der Waals surface area contributed by atoms with Gasteiger partial charge in [-0.25, -0.2) is 4.79 Å². The fraction of sp³-hybridized carbons (Fsp3) is 0.105.